The van der Waals surface area contributed by atoms with Crippen molar-refractivity contribution < 1.29 is 13.9 Å². The van der Waals surface area contributed by atoms with E-state index in [1.54, 1.807) is 24.3 Å². The predicted octanol–water partition coefficient (Wildman–Crippen LogP) is 3.43. The number of carbonyl (C=O) groups excluding carboxylic acids is 1. The first kappa shape index (κ1) is 14.3. The summed E-state index contributed by atoms with van der Waals surface area (Å²) < 4.78 is 19.1. The van der Waals surface area contributed by atoms with Crippen molar-refractivity contribution in [1.29, 1.82) is 0 Å². The van der Waals surface area contributed by atoms with Crippen LogP contribution in [-0.4, -0.2) is 13.0 Å². The van der Waals surface area contributed by atoms with Crippen molar-refractivity contribution in [1.82, 2.24) is 0 Å². The van der Waals surface area contributed by atoms with Crippen LogP contribution < -0.4 is 15.8 Å². The average molecular weight is 339 g/mol. The lowest BCUT2D eigenvalue weighted by Crippen LogP contribution is -2.15. The number of anilines is 2. The molecule has 0 spiro atoms. The molecule has 0 radical (unpaired) electrons. The second-order valence-electron chi connectivity index (χ2n) is 4.00. The van der Waals surface area contributed by atoms with Gasteiger partial charge in [0.2, 0.25) is 0 Å². The fourth-order valence-corrected chi connectivity index (χ4v) is 2.20. The van der Waals surface area contributed by atoms with Gasteiger partial charge >= 0.3 is 0 Å². The van der Waals surface area contributed by atoms with Gasteiger partial charge in [0.05, 0.1) is 24.0 Å². The van der Waals surface area contributed by atoms with Crippen molar-refractivity contribution in [2.45, 2.75) is 0 Å². The van der Waals surface area contributed by atoms with E-state index in [9.17, 15) is 9.18 Å². The molecule has 2 aromatic carbocycles. The van der Waals surface area contributed by atoms with Crippen LogP contribution in [0.2, 0.25) is 0 Å². The molecule has 0 bridgehead atoms. The van der Waals surface area contributed by atoms with E-state index in [0.29, 0.717) is 21.6 Å². The minimum Gasteiger partial charge on any atom is -0.497 e. The monoisotopic (exact) mass is 338 g/mol. The number of rotatable bonds is 3. The van der Waals surface area contributed by atoms with Gasteiger partial charge in [0.15, 0.2) is 0 Å². The Hall–Kier alpha value is -2.08. The number of halogens is 2. The van der Waals surface area contributed by atoms with E-state index in [1.807, 2.05) is 0 Å². The van der Waals surface area contributed by atoms with Crippen molar-refractivity contribution in [2.24, 2.45) is 0 Å². The Kier molecular flexibility index (Phi) is 4.24. The minimum atomic E-state index is -0.607. The highest BCUT2D eigenvalue weighted by molar-refractivity contribution is 9.10. The molecule has 0 heterocycles. The molecule has 0 unspecified atom stereocenters. The number of nitrogen functional groups attached to an aromatic ring is 1. The van der Waals surface area contributed by atoms with Crippen LogP contribution in [0.15, 0.2) is 40.9 Å². The number of nitrogens with two attached hydrogens (primary N) is 1. The highest BCUT2D eigenvalue weighted by Gasteiger charge is 2.16. The first-order chi connectivity index (χ1) is 9.52. The average Bonchev–Trinajstić information content (AvgIpc) is 2.41. The fraction of sp³-hybridized carbons (Fsp3) is 0.0714. The zero-order valence-corrected chi connectivity index (χ0v) is 12.2. The SMILES string of the molecule is COc1ccc(NC(=O)c2c(F)cccc2Br)c(N)c1. The van der Waals surface area contributed by atoms with Gasteiger partial charge in [0.1, 0.15) is 11.6 Å². The molecule has 3 N–H and O–H groups in total. The lowest BCUT2D eigenvalue weighted by molar-refractivity contribution is 0.102. The molecular weight excluding hydrogens is 327 g/mol. The number of nitrogens with one attached hydrogen (secondary N) is 1. The van der Waals surface area contributed by atoms with Crippen molar-refractivity contribution in [3.05, 3.63) is 52.3 Å². The third kappa shape index (κ3) is 2.91. The van der Waals surface area contributed by atoms with Crippen LogP contribution in [-0.2, 0) is 0 Å². The molecule has 0 aliphatic heterocycles. The van der Waals surface area contributed by atoms with Gasteiger partial charge in [-0.25, -0.2) is 4.39 Å². The molecule has 4 nitrogen and oxygen atoms in total. The number of hydrogen-bond acceptors (Lipinski definition) is 3. The molecule has 0 aliphatic rings. The van der Waals surface area contributed by atoms with Crippen molar-refractivity contribution >= 4 is 33.2 Å². The number of methoxy groups -OCH3 is 1. The highest BCUT2D eigenvalue weighted by Crippen LogP contribution is 2.26. The third-order valence-electron chi connectivity index (χ3n) is 2.70. The van der Waals surface area contributed by atoms with E-state index in [0.717, 1.165) is 0 Å². The Morgan fingerprint density at radius 3 is 2.70 bits per heavy atom. The summed E-state index contributed by atoms with van der Waals surface area (Å²) in [7, 11) is 1.52. The van der Waals surface area contributed by atoms with E-state index in [2.05, 4.69) is 21.2 Å². The molecule has 0 atom stereocenters. The van der Waals surface area contributed by atoms with Crippen LogP contribution in [0.3, 0.4) is 0 Å². The van der Waals surface area contributed by atoms with Gasteiger partial charge in [-0.05, 0) is 40.2 Å². The normalized spacial score (nSPS) is 10.2. The van der Waals surface area contributed by atoms with Crippen LogP contribution in [0.4, 0.5) is 15.8 Å². The van der Waals surface area contributed by atoms with Crippen LogP contribution >= 0.6 is 15.9 Å². The summed E-state index contributed by atoms with van der Waals surface area (Å²) in [4.78, 5) is 12.1. The molecule has 0 aliphatic carbocycles. The van der Waals surface area contributed by atoms with E-state index >= 15 is 0 Å². The Balaban J connectivity index is 2.28. The molecule has 104 valence electrons. The van der Waals surface area contributed by atoms with Gasteiger partial charge in [-0.2, -0.15) is 0 Å². The first-order valence-electron chi connectivity index (χ1n) is 5.72. The largest absolute Gasteiger partial charge is 0.497 e. The maximum absolute atomic E-state index is 13.7. The van der Waals surface area contributed by atoms with E-state index in [4.69, 9.17) is 10.5 Å². The minimum absolute atomic E-state index is 0.0669. The van der Waals surface area contributed by atoms with Gasteiger partial charge in [0.25, 0.3) is 5.91 Å². The van der Waals surface area contributed by atoms with E-state index < -0.39 is 11.7 Å². The summed E-state index contributed by atoms with van der Waals surface area (Å²) >= 11 is 3.15. The molecule has 0 saturated carbocycles. The molecule has 0 fully saturated rings. The number of carbonyl (C=O) groups is 1. The Morgan fingerprint density at radius 1 is 1.35 bits per heavy atom. The summed E-state index contributed by atoms with van der Waals surface area (Å²) in [6, 6.07) is 9.15. The summed E-state index contributed by atoms with van der Waals surface area (Å²) in [6.07, 6.45) is 0. The second kappa shape index (κ2) is 5.92. The quantitative estimate of drug-likeness (QED) is 0.842. The van der Waals surface area contributed by atoms with Gasteiger partial charge in [-0.15, -0.1) is 0 Å². The fourth-order valence-electron chi connectivity index (χ4n) is 1.68. The second-order valence-corrected chi connectivity index (χ2v) is 4.86. The zero-order chi connectivity index (χ0) is 14.7. The molecular formula is C14H12BrFN2O2. The van der Waals surface area contributed by atoms with Crippen LogP contribution in [0, 0.1) is 5.82 Å². The summed E-state index contributed by atoms with van der Waals surface area (Å²) in [6.45, 7) is 0. The maximum atomic E-state index is 13.7. The molecule has 2 aromatic rings. The van der Waals surface area contributed by atoms with Gasteiger partial charge in [-0.1, -0.05) is 6.07 Å². The lowest BCUT2D eigenvalue weighted by atomic mass is 10.2. The molecule has 1 amide bonds. The standard InChI is InChI=1S/C14H12BrFN2O2/c1-20-8-5-6-12(11(17)7-8)18-14(19)13-9(15)3-2-4-10(13)16/h2-7H,17H2,1H3,(H,18,19). The summed E-state index contributed by atoms with van der Waals surface area (Å²) in [5.74, 6) is -0.608. The van der Waals surface area contributed by atoms with E-state index in [-0.39, 0.29) is 5.56 Å². The third-order valence-corrected chi connectivity index (χ3v) is 3.36. The zero-order valence-electron chi connectivity index (χ0n) is 10.6. The van der Waals surface area contributed by atoms with Gasteiger partial charge < -0.3 is 15.8 Å². The number of hydrogen-bond donors (Lipinski definition) is 2. The number of benzene rings is 2. The molecule has 20 heavy (non-hydrogen) atoms. The maximum Gasteiger partial charge on any atom is 0.259 e. The van der Waals surface area contributed by atoms with Crippen LogP contribution in [0.5, 0.6) is 5.75 Å². The first-order valence-corrected chi connectivity index (χ1v) is 6.51. The topological polar surface area (TPSA) is 64.3 Å². The van der Waals surface area contributed by atoms with Crippen molar-refractivity contribution in [3.8, 4) is 5.75 Å². The summed E-state index contributed by atoms with van der Waals surface area (Å²) in [5.41, 5.74) is 6.46. The molecule has 0 aromatic heterocycles. The van der Waals surface area contributed by atoms with Gasteiger partial charge in [0, 0.05) is 10.5 Å². The van der Waals surface area contributed by atoms with Crippen LogP contribution in [0.25, 0.3) is 0 Å². The predicted molar refractivity (Wildman–Crippen MR) is 79.5 cm³/mol. The van der Waals surface area contributed by atoms with Crippen molar-refractivity contribution in [2.75, 3.05) is 18.2 Å². The molecule has 2 rings (SSSR count). The van der Waals surface area contributed by atoms with Crippen LogP contribution in [0.1, 0.15) is 10.4 Å². The Morgan fingerprint density at radius 2 is 2.10 bits per heavy atom. The number of amides is 1. The van der Waals surface area contributed by atoms with Crippen molar-refractivity contribution in [3.63, 3.8) is 0 Å². The Bertz CT molecular complexity index is 641. The smallest absolute Gasteiger partial charge is 0.259 e. The highest BCUT2D eigenvalue weighted by atomic mass is 79.9. The number of ether oxygens (including phenoxy) is 1. The molecule has 6 heteroatoms. The lowest BCUT2D eigenvalue weighted by Gasteiger charge is -2.11. The van der Waals surface area contributed by atoms with Gasteiger partial charge in [-0.3, -0.25) is 4.79 Å². The van der Waals surface area contributed by atoms with E-state index in [1.165, 1.54) is 19.2 Å². The summed E-state index contributed by atoms with van der Waals surface area (Å²) in [5, 5.41) is 2.57. The molecule has 0 saturated heterocycles. The Labute approximate surface area is 123 Å².